The fraction of sp³-hybridized carbons (Fsp3) is 0.500. The molecule has 0 unspecified atom stereocenters. The number of aliphatic hydroxyl groups is 1. The molecule has 1 aliphatic rings. The summed E-state index contributed by atoms with van der Waals surface area (Å²) in [6.45, 7) is 7.71. The Balaban J connectivity index is 2.31. The Hall–Kier alpha value is -1.68. The summed E-state index contributed by atoms with van der Waals surface area (Å²) in [5, 5.41) is 16.1. The zero-order chi connectivity index (χ0) is 14.9. The number of hydrazone groups is 1. The Morgan fingerprint density at radius 3 is 2.35 bits per heavy atom. The maximum absolute atomic E-state index is 12.3. The molecule has 1 aromatic rings. The normalized spacial score (nSPS) is 23.8. The van der Waals surface area contributed by atoms with E-state index in [0.29, 0.717) is 12.3 Å². The van der Waals surface area contributed by atoms with Crippen molar-refractivity contribution >= 4 is 11.6 Å². The van der Waals surface area contributed by atoms with Gasteiger partial charge in [0.15, 0.2) is 0 Å². The molecular formula is C16H22N2O2. The van der Waals surface area contributed by atoms with Crippen LogP contribution < -0.4 is 0 Å². The van der Waals surface area contributed by atoms with Crippen LogP contribution in [-0.4, -0.2) is 27.3 Å². The molecule has 4 nitrogen and oxygen atoms in total. The van der Waals surface area contributed by atoms with Crippen LogP contribution in [0.2, 0.25) is 0 Å². The number of amides is 1. The number of nitrogens with zero attached hydrogens (tertiary/aromatic N) is 2. The first-order valence-electron chi connectivity index (χ1n) is 6.97. The van der Waals surface area contributed by atoms with Gasteiger partial charge in [0.25, 0.3) is 0 Å². The van der Waals surface area contributed by atoms with Crippen molar-refractivity contribution in [3.63, 3.8) is 0 Å². The lowest BCUT2D eigenvalue weighted by molar-refractivity contribution is -0.137. The summed E-state index contributed by atoms with van der Waals surface area (Å²) in [7, 11) is 0. The van der Waals surface area contributed by atoms with E-state index in [4.69, 9.17) is 0 Å². The lowest BCUT2D eigenvalue weighted by atomic mass is 9.82. The predicted octanol–water partition coefficient (Wildman–Crippen LogP) is 2.43. The fourth-order valence-corrected chi connectivity index (χ4v) is 2.51. The maximum atomic E-state index is 12.3. The number of benzene rings is 1. The predicted molar refractivity (Wildman–Crippen MR) is 79.1 cm³/mol. The van der Waals surface area contributed by atoms with Crippen molar-refractivity contribution in [1.82, 2.24) is 5.01 Å². The monoisotopic (exact) mass is 274 g/mol. The minimum absolute atomic E-state index is 0.00866. The van der Waals surface area contributed by atoms with Crippen molar-refractivity contribution in [3.05, 3.63) is 35.9 Å². The van der Waals surface area contributed by atoms with Gasteiger partial charge < -0.3 is 5.11 Å². The highest BCUT2D eigenvalue weighted by molar-refractivity contribution is 5.99. The molecule has 0 aliphatic carbocycles. The van der Waals surface area contributed by atoms with Gasteiger partial charge in [-0.25, -0.2) is 5.01 Å². The average molecular weight is 274 g/mol. The van der Waals surface area contributed by atoms with Crippen LogP contribution in [-0.2, 0) is 11.3 Å². The molecular weight excluding hydrogens is 252 g/mol. The van der Waals surface area contributed by atoms with Crippen molar-refractivity contribution in [2.45, 2.75) is 39.8 Å². The van der Waals surface area contributed by atoms with Gasteiger partial charge in [-0.3, -0.25) is 4.79 Å². The van der Waals surface area contributed by atoms with Crippen LogP contribution >= 0.6 is 0 Å². The lowest BCUT2D eigenvalue weighted by Gasteiger charge is -2.36. The van der Waals surface area contributed by atoms with E-state index >= 15 is 0 Å². The molecule has 1 heterocycles. The van der Waals surface area contributed by atoms with Crippen molar-refractivity contribution in [2.75, 3.05) is 0 Å². The second kappa shape index (κ2) is 5.37. The number of carbonyl (C=O) groups excluding carboxylic acids is 1. The SMILES string of the molecule is C[C@@H]1C(=O)N(Cc2ccccc2)N=C(C(C)(C)O)[C@@H]1C. The molecule has 1 aromatic carbocycles. The summed E-state index contributed by atoms with van der Waals surface area (Å²) < 4.78 is 0. The Labute approximate surface area is 120 Å². The number of carbonyl (C=O) groups is 1. The van der Waals surface area contributed by atoms with Gasteiger partial charge in [-0.2, -0.15) is 5.10 Å². The first-order chi connectivity index (χ1) is 9.30. The van der Waals surface area contributed by atoms with Crippen LogP contribution in [0.4, 0.5) is 0 Å². The third-order valence-corrected chi connectivity index (χ3v) is 3.86. The van der Waals surface area contributed by atoms with Gasteiger partial charge in [0.1, 0.15) is 0 Å². The third-order valence-electron chi connectivity index (χ3n) is 3.86. The molecule has 0 spiro atoms. The smallest absolute Gasteiger partial charge is 0.246 e. The molecule has 0 radical (unpaired) electrons. The minimum atomic E-state index is -1.01. The Morgan fingerprint density at radius 1 is 1.20 bits per heavy atom. The molecule has 0 aromatic heterocycles. The quantitative estimate of drug-likeness (QED) is 0.920. The molecule has 1 N–H and O–H groups in total. The van der Waals surface area contributed by atoms with Crippen molar-refractivity contribution < 1.29 is 9.90 Å². The molecule has 1 aliphatic heterocycles. The number of hydrogen-bond acceptors (Lipinski definition) is 3. The fourth-order valence-electron chi connectivity index (χ4n) is 2.51. The summed E-state index contributed by atoms with van der Waals surface area (Å²) in [6.07, 6.45) is 0. The zero-order valence-corrected chi connectivity index (χ0v) is 12.5. The van der Waals surface area contributed by atoms with E-state index in [1.165, 1.54) is 5.01 Å². The molecule has 0 fully saturated rings. The molecule has 108 valence electrons. The molecule has 0 bridgehead atoms. The molecule has 1 amide bonds. The van der Waals surface area contributed by atoms with E-state index in [9.17, 15) is 9.90 Å². The second-order valence-electron chi connectivity index (χ2n) is 6.00. The van der Waals surface area contributed by atoms with E-state index < -0.39 is 5.60 Å². The van der Waals surface area contributed by atoms with E-state index in [2.05, 4.69) is 5.10 Å². The van der Waals surface area contributed by atoms with Crippen molar-refractivity contribution in [2.24, 2.45) is 16.9 Å². The molecule has 20 heavy (non-hydrogen) atoms. The highest BCUT2D eigenvalue weighted by Gasteiger charge is 2.39. The van der Waals surface area contributed by atoms with Crippen LogP contribution in [0.15, 0.2) is 35.4 Å². The van der Waals surface area contributed by atoms with Crippen LogP contribution in [0.3, 0.4) is 0 Å². The topological polar surface area (TPSA) is 52.9 Å². The first-order valence-corrected chi connectivity index (χ1v) is 6.97. The van der Waals surface area contributed by atoms with Gasteiger partial charge in [0.05, 0.1) is 17.9 Å². The highest BCUT2D eigenvalue weighted by atomic mass is 16.3. The summed E-state index contributed by atoms with van der Waals surface area (Å²) in [5.41, 5.74) is 0.686. The van der Waals surface area contributed by atoms with Gasteiger partial charge in [-0.1, -0.05) is 44.2 Å². The van der Waals surface area contributed by atoms with Crippen LogP contribution in [0, 0.1) is 11.8 Å². The largest absolute Gasteiger partial charge is 0.384 e. The molecule has 0 saturated carbocycles. The van der Waals surface area contributed by atoms with Crippen molar-refractivity contribution in [3.8, 4) is 0 Å². The summed E-state index contributed by atoms with van der Waals surface area (Å²) in [5.74, 6) is -0.207. The molecule has 2 rings (SSSR count). The standard InChI is InChI=1S/C16H22N2O2/c1-11-12(2)15(19)18(17-14(11)16(3,4)20)10-13-8-6-5-7-9-13/h5-9,11-12,20H,10H2,1-4H3/t11-,12+/m1/s1. The van der Waals surface area contributed by atoms with Gasteiger partial charge in [0, 0.05) is 11.8 Å². The lowest BCUT2D eigenvalue weighted by Crippen LogP contribution is -2.48. The van der Waals surface area contributed by atoms with Gasteiger partial charge in [-0.15, -0.1) is 0 Å². The van der Waals surface area contributed by atoms with Crippen LogP contribution in [0.25, 0.3) is 0 Å². The molecule has 0 saturated heterocycles. The highest BCUT2D eigenvalue weighted by Crippen LogP contribution is 2.28. The average Bonchev–Trinajstić information content (AvgIpc) is 2.39. The van der Waals surface area contributed by atoms with Gasteiger partial charge in [-0.05, 0) is 19.4 Å². The Bertz CT molecular complexity index is 517. The molecule has 2 atom stereocenters. The van der Waals surface area contributed by atoms with Crippen LogP contribution in [0.5, 0.6) is 0 Å². The second-order valence-corrected chi connectivity index (χ2v) is 6.00. The Kier molecular flexibility index (Phi) is 3.95. The van der Waals surface area contributed by atoms with E-state index in [1.54, 1.807) is 13.8 Å². The van der Waals surface area contributed by atoms with Gasteiger partial charge in [0.2, 0.25) is 5.91 Å². The van der Waals surface area contributed by atoms with Gasteiger partial charge >= 0.3 is 0 Å². The third kappa shape index (κ3) is 2.90. The summed E-state index contributed by atoms with van der Waals surface area (Å²) in [6, 6.07) is 9.76. The maximum Gasteiger partial charge on any atom is 0.246 e. The van der Waals surface area contributed by atoms with Crippen molar-refractivity contribution in [1.29, 1.82) is 0 Å². The van der Waals surface area contributed by atoms with E-state index in [0.717, 1.165) is 5.56 Å². The summed E-state index contributed by atoms with van der Waals surface area (Å²) >= 11 is 0. The number of hydrogen-bond donors (Lipinski definition) is 1. The van der Waals surface area contributed by atoms with E-state index in [1.807, 2.05) is 44.2 Å². The zero-order valence-electron chi connectivity index (χ0n) is 12.5. The molecule has 4 heteroatoms. The summed E-state index contributed by atoms with van der Waals surface area (Å²) in [4.78, 5) is 12.3. The Morgan fingerprint density at radius 2 is 1.80 bits per heavy atom. The number of rotatable bonds is 3. The van der Waals surface area contributed by atoms with E-state index in [-0.39, 0.29) is 17.7 Å². The first kappa shape index (κ1) is 14.7. The minimum Gasteiger partial charge on any atom is -0.384 e. The van der Waals surface area contributed by atoms with Crippen LogP contribution in [0.1, 0.15) is 33.3 Å².